The van der Waals surface area contributed by atoms with Crippen molar-refractivity contribution in [3.8, 4) is 0 Å². The van der Waals surface area contributed by atoms with Crippen molar-refractivity contribution in [3.63, 3.8) is 0 Å². The molecule has 2 nitrogen and oxygen atoms in total. The smallest absolute Gasteiger partial charge is 0.0230 e. The number of rotatable bonds is 2. The van der Waals surface area contributed by atoms with Gasteiger partial charge in [0.25, 0.3) is 0 Å². The second-order valence-corrected chi connectivity index (χ2v) is 7.15. The molecule has 2 atom stereocenters. The molecule has 2 heterocycles. The molecule has 21 heavy (non-hydrogen) atoms. The zero-order valence-electron chi connectivity index (χ0n) is 15.5. The second-order valence-electron chi connectivity index (χ2n) is 7.15. The lowest BCUT2D eigenvalue weighted by molar-refractivity contribution is -0.200. The van der Waals surface area contributed by atoms with E-state index >= 15 is 0 Å². The molecule has 0 amide bonds. The Hall–Kier alpha value is -0.0800. The first kappa shape index (κ1) is 19.0. The Morgan fingerprint density at radius 3 is 1.95 bits per heavy atom. The SMILES string of the molecule is C1NC23CC(C2)C13.CC.CC.CCCC1(C)CCCNC1. The fourth-order valence-corrected chi connectivity index (χ4v) is 4.35. The van der Waals surface area contributed by atoms with Gasteiger partial charge in [-0.2, -0.15) is 0 Å². The molecule has 1 spiro atoms. The van der Waals surface area contributed by atoms with Gasteiger partial charge in [-0.3, -0.25) is 0 Å². The zero-order valence-corrected chi connectivity index (χ0v) is 15.5. The predicted molar refractivity (Wildman–Crippen MR) is 94.8 cm³/mol. The van der Waals surface area contributed by atoms with Gasteiger partial charge < -0.3 is 10.6 Å². The highest BCUT2D eigenvalue weighted by Crippen LogP contribution is 2.66. The Kier molecular flexibility index (Phi) is 7.70. The van der Waals surface area contributed by atoms with Crippen LogP contribution in [0.2, 0.25) is 0 Å². The van der Waals surface area contributed by atoms with E-state index in [9.17, 15) is 0 Å². The highest BCUT2D eigenvalue weighted by Gasteiger charge is 2.70. The highest BCUT2D eigenvalue weighted by molar-refractivity contribution is 5.26. The largest absolute Gasteiger partial charge is 0.316 e. The van der Waals surface area contributed by atoms with Gasteiger partial charge >= 0.3 is 0 Å². The summed E-state index contributed by atoms with van der Waals surface area (Å²) >= 11 is 0. The van der Waals surface area contributed by atoms with Crippen molar-refractivity contribution in [2.75, 3.05) is 19.6 Å². The minimum Gasteiger partial charge on any atom is -0.316 e. The minimum atomic E-state index is 0.618. The van der Waals surface area contributed by atoms with Gasteiger partial charge in [-0.1, -0.05) is 48.0 Å². The van der Waals surface area contributed by atoms with Crippen molar-refractivity contribution in [1.82, 2.24) is 10.6 Å². The van der Waals surface area contributed by atoms with E-state index in [1.54, 1.807) is 0 Å². The third kappa shape index (κ3) is 4.01. The molecule has 0 aromatic rings. The van der Waals surface area contributed by atoms with Crippen LogP contribution in [0.25, 0.3) is 0 Å². The molecular weight excluding hydrogens is 256 g/mol. The number of nitrogens with one attached hydrogen (secondary N) is 2. The maximum Gasteiger partial charge on any atom is 0.0230 e. The van der Waals surface area contributed by atoms with Crippen LogP contribution in [0, 0.1) is 17.3 Å². The van der Waals surface area contributed by atoms with Gasteiger partial charge in [-0.15, -0.1) is 0 Å². The first-order chi connectivity index (χ1) is 10.2. The summed E-state index contributed by atoms with van der Waals surface area (Å²) in [5.41, 5.74) is 1.37. The van der Waals surface area contributed by atoms with Gasteiger partial charge in [0, 0.05) is 18.6 Å². The predicted octanol–water partition coefficient (Wildman–Crippen LogP) is 4.60. The average Bonchev–Trinajstić information content (AvgIpc) is 2.48. The van der Waals surface area contributed by atoms with E-state index in [-0.39, 0.29) is 0 Å². The molecule has 5 fully saturated rings. The zero-order chi connectivity index (χ0) is 15.9. The van der Waals surface area contributed by atoms with E-state index in [1.165, 1.54) is 64.1 Å². The normalized spacial score (nSPS) is 40.9. The van der Waals surface area contributed by atoms with E-state index in [2.05, 4.69) is 24.5 Å². The Labute approximate surface area is 133 Å². The lowest BCUT2D eigenvalue weighted by Crippen LogP contribution is -2.85. The molecule has 3 aliphatic carbocycles. The third-order valence-electron chi connectivity index (χ3n) is 5.74. The lowest BCUT2D eigenvalue weighted by atomic mass is 9.38. The molecule has 0 aromatic carbocycles. The molecule has 0 radical (unpaired) electrons. The molecule has 2 heteroatoms. The fourth-order valence-electron chi connectivity index (χ4n) is 4.35. The summed E-state index contributed by atoms with van der Waals surface area (Å²) in [7, 11) is 0. The summed E-state index contributed by atoms with van der Waals surface area (Å²) in [5, 5.41) is 6.95. The molecule has 2 saturated heterocycles. The van der Waals surface area contributed by atoms with E-state index in [0.717, 1.165) is 11.5 Å². The van der Waals surface area contributed by atoms with Crippen LogP contribution in [0.5, 0.6) is 0 Å². The van der Waals surface area contributed by atoms with Gasteiger partial charge in [-0.05, 0) is 55.9 Å². The Morgan fingerprint density at radius 2 is 1.71 bits per heavy atom. The summed E-state index contributed by atoms with van der Waals surface area (Å²) in [6.07, 6.45) is 8.54. The summed E-state index contributed by atoms with van der Waals surface area (Å²) in [6.45, 7) is 16.5. The first-order valence-electron chi connectivity index (χ1n) is 9.63. The summed E-state index contributed by atoms with van der Waals surface area (Å²) < 4.78 is 0. The van der Waals surface area contributed by atoms with Crippen molar-refractivity contribution in [3.05, 3.63) is 0 Å². The van der Waals surface area contributed by atoms with Crippen LogP contribution in [-0.2, 0) is 0 Å². The highest BCUT2D eigenvalue weighted by atomic mass is 15.2. The number of piperidine rings is 3. The van der Waals surface area contributed by atoms with Gasteiger partial charge in [0.05, 0.1) is 0 Å². The van der Waals surface area contributed by atoms with Crippen molar-refractivity contribution in [2.24, 2.45) is 17.3 Å². The van der Waals surface area contributed by atoms with Crippen LogP contribution in [0.1, 0.15) is 80.1 Å². The topological polar surface area (TPSA) is 24.1 Å². The molecule has 5 aliphatic rings. The van der Waals surface area contributed by atoms with Crippen LogP contribution in [0.3, 0.4) is 0 Å². The molecular formula is C19H40N2. The number of hydrogen-bond acceptors (Lipinski definition) is 2. The van der Waals surface area contributed by atoms with E-state index < -0.39 is 0 Å². The van der Waals surface area contributed by atoms with Crippen molar-refractivity contribution in [2.45, 2.75) is 85.6 Å². The summed E-state index contributed by atoms with van der Waals surface area (Å²) in [4.78, 5) is 0. The molecule has 2 N–H and O–H groups in total. The first-order valence-corrected chi connectivity index (χ1v) is 9.63. The summed E-state index contributed by atoms with van der Waals surface area (Å²) in [5.74, 6) is 2.31. The quantitative estimate of drug-likeness (QED) is 0.778. The van der Waals surface area contributed by atoms with Crippen LogP contribution in [0.15, 0.2) is 0 Å². The molecule has 0 aromatic heterocycles. The maximum atomic E-state index is 3.49. The third-order valence-corrected chi connectivity index (χ3v) is 5.74. The molecule has 126 valence electrons. The molecule has 5 rings (SSSR count). The molecule has 2 unspecified atom stereocenters. The van der Waals surface area contributed by atoms with Crippen LogP contribution >= 0.6 is 0 Å². The van der Waals surface area contributed by atoms with Gasteiger partial charge in [0.1, 0.15) is 0 Å². The maximum absolute atomic E-state index is 3.49. The van der Waals surface area contributed by atoms with Crippen LogP contribution < -0.4 is 10.6 Å². The average molecular weight is 297 g/mol. The monoisotopic (exact) mass is 296 g/mol. The molecule has 3 saturated carbocycles. The Balaban J connectivity index is 0.000000174. The van der Waals surface area contributed by atoms with Crippen molar-refractivity contribution in [1.29, 1.82) is 0 Å². The van der Waals surface area contributed by atoms with Crippen molar-refractivity contribution < 1.29 is 0 Å². The standard InChI is InChI=1S/C9H19N.C6H9N.2C2H6/c1-3-5-9(2)6-4-7-10-8-9;1-4-2-6(1)5(4)3-7-6;2*1-2/h10H,3-8H2,1-2H3;4-5,7H,1-3H2;2*1-2H3. The van der Waals surface area contributed by atoms with Crippen LogP contribution in [-0.4, -0.2) is 25.2 Å². The van der Waals surface area contributed by atoms with E-state index in [4.69, 9.17) is 0 Å². The van der Waals surface area contributed by atoms with E-state index in [0.29, 0.717) is 5.41 Å². The molecule has 2 aliphatic heterocycles. The Bertz CT molecular complexity index is 264. The van der Waals surface area contributed by atoms with Crippen LogP contribution in [0.4, 0.5) is 0 Å². The minimum absolute atomic E-state index is 0.618. The second kappa shape index (κ2) is 8.53. The van der Waals surface area contributed by atoms with Gasteiger partial charge in [0.15, 0.2) is 0 Å². The molecule has 2 bridgehead atoms. The summed E-state index contributed by atoms with van der Waals surface area (Å²) in [6, 6.07) is 0. The lowest BCUT2D eigenvalue weighted by Gasteiger charge is -2.76. The fraction of sp³-hybridized carbons (Fsp3) is 1.00. The van der Waals surface area contributed by atoms with Crippen molar-refractivity contribution >= 4 is 0 Å². The van der Waals surface area contributed by atoms with Gasteiger partial charge in [-0.25, -0.2) is 0 Å². The number of hydrogen-bond donors (Lipinski definition) is 2. The van der Waals surface area contributed by atoms with Gasteiger partial charge in [0.2, 0.25) is 0 Å². The van der Waals surface area contributed by atoms with E-state index in [1.807, 2.05) is 27.7 Å². The Morgan fingerprint density at radius 1 is 1.10 bits per heavy atom.